The maximum absolute atomic E-state index is 5.68. The van der Waals surface area contributed by atoms with Gasteiger partial charge in [0.2, 0.25) is 0 Å². The van der Waals surface area contributed by atoms with Crippen LogP contribution in [0.2, 0.25) is 0 Å². The molecule has 0 fully saturated rings. The van der Waals surface area contributed by atoms with E-state index in [1.54, 1.807) is 6.20 Å². The van der Waals surface area contributed by atoms with Gasteiger partial charge in [-0.05, 0) is 42.5 Å². The third-order valence-electron chi connectivity index (χ3n) is 3.24. The van der Waals surface area contributed by atoms with Crippen molar-refractivity contribution in [3.8, 4) is 0 Å². The van der Waals surface area contributed by atoms with Crippen molar-refractivity contribution in [3.63, 3.8) is 0 Å². The Labute approximate surface area is 114 Å². The van der Waals surface area contributed by atoms with Crippen molar-refractivity contribution >= 4 is 11.5 Å². The van der Waals surface area contributed by atoms with E-state index in [2.05, 4.69) is 41.5 Å². The van der Waals surface area contributed by atoms with E-state index < -0.39 is 0 Å². The molecule has 1 aromatic carbocycles. The molecule has 1 heterocycles. The van der Waals surface area contributed by atoms with Crippen LogP contribution in [0.4, 0.5) is 11.5 Å². The van der Waals surface area contributed by atoms with E-state index in [1.807, 2.05) is 13.0 Å². The second-order valence-electron chi connectivity index (χ2n) is 4.78. The SMILES string of the molecule is CCc1ccc(CCNc2ncc(N)cc2C)cc1. The van der Waals surface area contributed by atoms with Crippen molar-refractivity contribution < 1.29 is 0 Å². The lowest BCUT2D eigenvalue weighted by Crippen LogP contribution is -2.08. The molecule has 0 amide bonds. The molecule has 2 rings (SSSR count). The van der Waals surface area contributed by atoms with E-state index >= 15 is 0 Å². The van der Waals surface area contributed by atoms with Crippen molar-refractivity contribution in [2.24, 2.45) is 0 Å². The summed E-state index contributed by atoms with van der Waals surface area (Å²) in [6.07, 6.45) is 3.77. The molecule has 19 heavy (non-hydrogen) atoms. The number of aryl methyl sites for hydroxylation is 2. The fourth-order valence-corrected chi connectivity index (χ4v) is 2.05. The molecule has 3 nitrogen and oxygen atoms in total. The molecular formula is C16H21N3. The van der Waals surface area contributed by atoms with Gasteiger partial charge in [0.05, 0.1) is 11.9 Å². The van der Waals surface area contributed by atoms with Crippen LogP contribution in [-0.4, -0.2) is 11.5 Å². The number of nitrogen functional groups attached to an aromatic ring is 1. The molecule has 0 aliphatic heterocycles. The number of nitrogens with two attached hydrogens (primary N) is 1. The fourth-order valence-electron chi connectivity index (χ4n) is 2.05. The first-order chi connectivity index (χ1) is 9.19. The van der Waals surface area contributed by atoms with Gasteiger partial charge in [-0.25, -0.2) is 4.98 Å². The van der Waals surface area contributed by atoms with Gasteiger partial charge in [0.15, 0.2) is 0 Å². The molecular weight excluding hydrogens is 234 g/mol. The minimum atomic E-state index is 0.707. The molecule has 0 aliphatic rings. The van der Waals surface area contributed by atoms with Crippen LogP contribution < -0.4 is 11.1 Å². The Morgan fingerprint density at radius 2 is 1.84 bits per heavy atom. The highest BCUT2D eigenvalue weighted by Crippen LogP contribution is 2.14. The number of hydrogen-bond donors (Lipinski definition) is 2. The fraction of sp³-hybridized carbons (Fsp3) is 0.312. The van der Waals surface area contributed by atoms with Crippen LogP contribution in [0.3, 0.4) is 0 Å². The third kappa shape index (κ3) is 3.71. The number of nitrogens with zero attached hydrogens (tertiary/aromatic N) is 1. The molecule has 100 valence electrons. The summed E-state index contributed by atoms with van der Waals surface area (Å²) in [7, 11) is 0. The molecule has 3 N–H and O–H groups in total. The molecule has 0 radical (unpaired) electrons. The van der Waals surface area contributed by atoms with Crippen molar-refractivity contribution in [1.82, 2.24) is 4.98 Å². The van der Waals surface area contributed by atoms with Gasteiger partial charge in [-0.2, -0.15) is 0 Å². The van der Waals surface area contributed by atoms with Gasteiger partial charge in [-0.1, -0.05) is 31.2 Å². The van der Waals surface area contributed by atoms with Gasteiger partial charge < -0.3 is 11.1 Å². The van der Waals surface area contributed by atoms with Crippen molar-refractivity contribution in [2.45, 2.75) is 26.7 Å². The Hall–Kier alpha value is -2.03. The number of rotatable bonds is 5. The lowest BCUT2D eigenvalue weighted by Gasteiger charge is -2.09. The normalized spacial score (nSPS) is 10.4. The van der Waals surface area contributed by atoms with Crippen LogP contribution in [0.15, 0.2) is 36.5 Å². The second kappa shape index (κ2) is 6.23. The van der Waals surface area contributed by atoms with E-state index in [9.17, 15) is 0 Å². The molecule has 0 saturated carbocycles. The van der Waals surface area contributed by atoms with Gasteiger partial charge in [-0.3, -0.25) is 0 Å². The summed E-state index contributed by atoms with van der Waals surface area (Å²) in [5.74, 6) is 0.916. The Morgan fingerprint density at radius 1 is 1.16 bits per heavy atom. The second-order valence-corrected chi connectivity index (χ2v) is 4.78. The van der Waals surface area contributed by atoms with Crippen molar-refractivity contribution in [2.75, 3.05) is 17.6 Å². The highest BCUT2D eigenvalue weighted by atomic mass is 15.0. The van der Waals surface area contributed by atoms with E-state index in [1.165, 1.54) is 11.1 Å². The van der Waals surface area contributed by atoms with Gasteiger partial charge in [0.25, 0.3) is 0 Å². The number of anilines is 2. The van der Waals surface area contributed by atoms with Crippen LogP contribution in [-0.2, 0) is 12.8 Å². The number of hydrogen-bond acceptors (Lipinski definition) is 3. The summed E-state index contributed by atoms with van der Waals surface area (Å²) in [6.45, 7) is 5.07. The summed E-state index contributed by atoms with van der Waals surface area (Å²) >= 11 is 0. The first-order valence-electron chi connectivity index (χ1n) is 6.73. The first-order valence-corrected chi connectivity index (χ1v) is 6.73. The molecule has 0 unspecified atom stereocenters. The van der Waals surface area contributed by atoms with Gasteiger partial charge in [-0.15, -0.1) is 0 Å². The molecule has 0 atom stereocenters. The summed E-state index contributed by atoms with van der Waals surface area (Å²) in [5, 5.41) is 3.35. The molecule has 0 saturated heterocycles. The van der Waals surface area contributed by atoms with Crippen LogP contribution >= 0.6 is 0 Å². The maximum atomic E-state index is 5.68. The number of aromatic nitrogens is 1. The number of pyridine rings is 1. The van der Waals surface area contributed by atoms with Crippen LogP contribution in [0.25, 0.3) is 0 Å². The average Bonchev–Trinajstić information content (AvgIpc) is 2.42. The van der Waals surface area contributed by atoms with E-state index in [0.717, 1.165) is 30.8 Å². The predicted molar refractivity (Wildman–Crippen MR) is 81.4 cm³/mol. The largest absolute Gasteiger partial charge is 0.397 e. The highest BCUT2D eigenvalue weighted by Gasteiger charge is 2.00. The van der Waals surface area contributed by atoms with Gasteiger partial charge in [0, 0.05) is 6.54 Å². The molecule has 1 aromatic heterocycles. The van der Waals surface area contributed by atoms with Crippen LogP contribution in [0.1, 0.15) is 23.6 Å². The quantitative estimate of drug-likeness (QED) is 0.862. The maximum Gasteiger partial charge on any atom is 0.129 e. The first kappa shape index (κ1) is 13.4. The van der Waals surface area contributed by atoms with Crippen molar-refractivity contribution in [1.29, 1.82) is 0 Å². The highest BCUT2D eigenvalue weighted by molar-refractivity contribution is 5.50. The molecule has 3 heteroatoms. The van der Waals surface area contributed by atoms with E-state index in [-0.39, 0.29) is 0 Å². The topological polar surface area (TPSA) is 50.9 Å². The monoisotopic (exact) mass is 255 g/mol. The number of benzene rings is 1. The van der Waals surface area contributed by atoms with Crippen LogP contribution in [0.5, 0.6) is 0 Å². The Kier molecular flexibility index (Phi) is 4.39. The summed E-state index contributed by atoms with van der Waals surface area (Å²) in [6, 6.07) is 10.7. The van der Waals surface area contributed by atoms with Crippen LogP contribution in [0, 0.1) is 6.92 Å². The van der Waals surface area contributed by atoms with Gasteiger partial charge >= 0.3 is 0 Å². The Bertz CT molecular complexity index is 532. The lowest BCUT2D eigenvalue weighted by molar-refractivity contribution is 0.997. The summed E-state index contributed by atoms with van der Waals surface area (Å²) < 4.78 is 0. The summed E-state index contributed by atoms with van der Waals surface area (Å²) in [4.78, 5) is 4.30. The van der Waals surface area contributed by atoms with E-state index in [0.29, 0.717) is 5.69 Å². The standard InChI is InChI=1S/C16H21N3/c1-3-13-4-6-14(7-5-13)8-9-18-16-12(2)10-15(17)11-19-16/h4-7,10-11H,3,8-9,17H2,1-2H3,(H,18,19). The van der Waals surface area contributed by atoms with Gasteiger partial charge in [0.1, 0.15) is 5.82 Å². The third-order valence-corrected chi connectivity index (χ3v) is 3.24. The minimum absolute atomic E-state index is 0.707. The Morgan fingerprint density at radius 3 is 2.47 bits per heavy atom. The zero-order valence-electron chi connectivity index (χ0n) is 11.6. The number of nitrogens with one attached hydrogen (secondary N) is 1. The zero-order valence-corrected chi connectivity index (χ0v) is 11.6. The zero-order chi connectivity index (χ0) is 13.7. The molecule has 0 aliphatic carbocycles. The predicted octanol–water partition coefficient (Wildman–Crippen LogP) is 3.19. The summed E-state index contributed by atoms with van der Waals surface area (Å²) in [5.41, 5.74) is 10.2. The molecule has 2 aromatic rings. The van der Waals surface area contributed by atoms with Crippen molar-refractivity contribution in [3.05, 3.63) is 53.2 Å². The molecule has 0 spiro atoms. The Balaban J connectivity index is 1.88. The molecule has 0 bridgehead atoms. The van der Waals surface area contributed by atoms with E-state index in [4.69, 9.17) is 5.73 Å². The lowest BCUT2D eigenvalue weighted by atomic mass is 10.1. The minimum Gasteiger partial charge on any atom is -0.397 e. The smallest absolute Gasteiger partial charge is 0.129 e. The average molecular weight is 255 g/mol.